The lowest BCUT2D eigenvalue weighted by Crippen LogP contribution is -2.65. The summed E-state index contributed by atoms with van der Waals surface area (Å²) < 4.78 is 66.5. The van der Waals surface area contributed by atoms with Gasteiger partial charge in [-0.1, -0.05) is 0 Å². The van der Waals surface area contributed by atoms with Crippen molar-refractivity contribution in [3.63, 3.8) is 0 Å². The standard InChI is InChI=1S/C18H12N4O10S2/c1-9-3-15(33(27,28)29)13(5-11(9)19-7-23)21-17(25)22(18(21)26)14-6-12(20-8-24)10(2)4-16(14)34(30,31)32/h3-6H,1-2H3,(H,27,28,29)(H,30,31,32). The number of anilines is 2. The van der Waals surface area contributed by atoms with E-state index < -0.39 is 53.5 Å². The molecule has 0 atom stereocenters. The number of hydrogen-bond acceptors (Lipinski definition) is 10. The van der Waals surface area contributed by atoms with E-state index in [2.05, 4.69) is 9.98 Å². The first-order valence-electron chi connectivity index (χ1n) is 8.80. The van der Waals surface area contributed by atoms with Crippen LogP contribution < -0.4 is 9.80 Å². The van der Waals surface area contributed by atoms with E-state index in [4.69, 9.17) is 0 Å². The van der Waals surface area contributed by atoms with Crippen molar-refractivity contribution in [1.82, 2.24) is 0 Å². The predicted molar refractivity (Wildman–Crippen MR) is 113 cm³/mol. The Bertz CT molecular complexity index is 1450. The average molecular weight is 508 g/mol. The number of aryl methyl sites for hydroxylation is 2. The average Bonchev–Trinajstić information content (AvgIpc) is 2.71. The number of carbonyl (C=O) groups excluding carboxylic acids is 4. The lowest BCUT2D eigenvalue weighted by molar-refractivity contribution is 0.226. The monoisotopic (exact) mass is 508 g/mol. The van der Waals surface area contributed by atoms with Gasteiger partial charge in [0.2, 0.25) is 12.2 Å². The van der Waals surface area contributed by atoms with Gasteiger partial charge in [0.25, 0.3) is 20.2 Å². The molecule has 3 rings (SSSR count). The second kappa shape index (κ2) is 8.39. The Labute approximate surface area is 191 Å². The van der Waals surface area contributed by atoms with Gasteiger partial charge in [0.05, 0.1) is 22.7 Å². The molecule has 1 fully saturated rings. The van der Waals surface area contributed by atoms with Crippen LogP contribution in [0.3, 0.4) is 0 Å². The summed E-state index contributed by atoms with van der Waals surface area (Å²) in [5, 5.41) is 0. The van der Waals surface area contributed by atoms with Gasteiger partial charge in [0.15, 0.2) is 0 Å². The molecular formula is C18H12N4O10S2. The molecule has 0 bridgehead atoms. The molecule has 0 unspecified atom stereocenters. The molecule has 14 nitrogen and oxygen atoms in total. The van der Waals surface area contributed by atoms with Gasteiger partial charge in [-0.25, -0.2) is 29.0 Å². The van der Waals surface area contributed by atoms with Gasteiger partial charge in [-0.3, -0.25) is 9.11 Å². The molecule has 2 N–H and O–H groups in total. The van der Waals surface area contributed by atoms with Gasteiger partial charge < -0.3 is 0 Å². The van der Waals surface area contributed by atoms with E-state index in [1.54, 1.807) is 0 Å². The minimum atomic E-state index is -4.99. The highest BCUT2D eigenvalue weighted by molar-refractivity contribution is 7.86. The van der Waals surface area contributed by atoms with Gasteiger partial charge in [-0.2, -0.15) is 26.8 Å². The van der Waals surface area contributed by atoms with E-state index in [-0.39, 0.29) is 32.3 Å². The molecule has 0 saturated carbocycles. The maximum Gasteiger partial charge on any atom is 0.345 e. The third-order valence-electron chi connectivity index (χ3n) is 4.69. The van der Waals surface area contributed by atoms with Crippen molar-refractivity contribution >= 4 is 67.2 Å². The highest BCUT2D eigenvalue weighted by atomic mass is 32.2. The van der Waals surface area contributed by atoms with Gasteiger partial charge >= 0.3 is 12.1 Å². The molecule has 16 heteroatoms. The SMILES string of the molecule is Cc1cc(S(=O)(=O)O)c(N2C(=O)N(c3cc(N=C=O)c(C)cc3S(=O)(=O)O)C2=O)cc1N=C=O. The van der Waals surface area contributed by atoms with Crippen LogP contribution in [0.4, 0.5) is 32.3 Å². The normalized spacial score (nSPS) is 13.8. The van der Waals surface area contributed by atoms with Crippen molar-refractivity contribution in [2.75, 3.05) is 9.80 Å². The molecule has 1 heterocycles. The highest BCUT2D eigenvalue weighted by Crippen LogP contribution is 2.41. The van der Waals surface area contributed by atoms with Gasteiger partial charge in [0.1, 0.15) is 9.79 Å². The molecule has 0 aromatic heterocycles. The topological polar surface area (TPSA) is 208 Å². The molecule has 34 heavy (non-hydrogen) atoms. The minimum absolute atomic E-state index is 0.0839. The van der Waals surface area contributed by atoms with Gasteiger partial charge in [-0.15, -0.1) is 0 Å². The van der Waals surface area contributed by atoms with Crippen molar-refractivity contribution in [2.45, 2.75) is 23.6 Å². The zero-order valence-electron chi connectivity index (χ0n) is 17.1. The number of hydrogen-bond donors (Lipinski definition) is 2. The lowest BCUT2D eigenvalue weighted by atomic mass is 10.1. The highest BCUT2D eigenvalue weighted by Gasteiger charge is 2.49. The molecule has 1 aliphatic rings. The fourth-order valence-electron chi connectivity index (χ4n) is 3.15. The largest absolute Gasteiger partial charge is 0.345 e. The minimum Gasteiger partial charge on any atom is -0.282 e. The fourth-order valence-corrected chi connectivity index (χ4v) is 4.63. The van der Waals surface area contributed by atoms with Crippen LogP contribution in [0, 0.1) is 13.8 Å². The molecular weight excluding hydrogens is 496 g/mol. The van der Waals surface area contributed by atoms with Crippen LogP contribution in [-0.2, 0) is 29.8 Å². The number of nitrogens with zero attached hydrogens (tertiary/aromatic N) is 4. The summed E-state index contributed by atoms with van der Waals surface area (Å²) in [6.07, 6.45) is 2.44. The van der Waals surface area contributed by atoms with Crippen molar-refractivity contribution in [3.05, 3.63) is 35.4 Å². The molecule has 0 radical (unpaired) electrons. The number of imide groups is 2. The van der Waals surface area contributed by atoms with E-state index in [9.17, 15) is 45.1 Å². The predicted octanol–water partition coefficient (Wildman–Crippen LogP) is 2.30. The Morgan fingerprint density at radius 1 is 0.706 bits per heavy atom. The lowest BCUT2D eigenvalue weighted by Gasteiger charge is -2.39. The molecule has 2 aromatic rings. The number of aliphatic imine (C=N–C) groups is 2. The fraction of sp³-hybridized carbons (Fsp3) is 0.111. The quantitative estimate of drug-likeness (QED) is 0.330. The molecule has 176 valence electrons. The van der Waals surface area contributed by atoms with Crippen LogP contribution in [0.5, 0.6) is 0 Å². The molecule has 1 saturated heterocycles. The maximum absolute atomic E-state index is 12.9. The first-order chi connectivity index (χ1) is 15.7. The molecule has 0 spiro atoms. The molecule has 4 amide bonds. The first-order valence-corrected chi connectivity index (χ1v) is 11.7. The summed E-state index contributed by atoms with van der Waals surface area (Å²) in [6, 6.07) is 0.839. The smallest absolute Gasteiger partial charge is 0.282 e. The summed E-state index contributed by atoms with van der Waals surface area (Å²) in [4.78, 5) is 52.6. The number of rotatable bonds is 6. The molecule has 1 aliphatic heterocycles. The Balaban J connectivity index is 2.23. The van der Waals surface area contributed by atoms with Crippen molar-refractivity contribution in [2.24, 2.45) is 9.98 Å². The summed E-state index contributed by atoms with van der Waals surface area (Å²) in [5.41, 5.74) is -1.54. The number of isocyanates is 2. The number of benzene rings is 2. The Hall–Kier alpha value is -4.04. The van der Waals surface area contributed by atoms with Gasteiger partial charge in [0, 0.05) is 0 Å². The van der Waals surface area contributed by atoms with Crippen LogP contribution in [0.2, 0.25) is 0 Å². The first kappa shape index (κ1) is 24.6. The molecule has 2 aromatic carbocycles. The van der Waals surface area contributed by atoms with Crippen LogP contribution >= 0.6 is 0 Å². The summed E-state index contributed by atoms with van der Waals surface area (Å²) >= 11 is 0. The van der Waals surface area contributed by atoms with E-state index in [1.165, 1.54) is 26.0 Å². The zero-order chi connectivity index (χ0) is 25.6. The second-order valence-electron chi connectivity index (χ2n) is 6.81. The number of amides is 4. The van der Waals surface area contributed by atoms with Crippen LogP contribution in [-0.4, -0.2) is 50.2 Å². The Morgan fingerprint density at radius 2 is 1.03 bits per heavy atom. The summed E-state index contributed by atoms with van der Waals surface area (Å²) in [5.74, 6) is 0. The van der Waals surface area contributed by atoms with Crippen molar-refractivity contribution in [1.29, 1.82) is 0 Å². The summed E-state index contributed by atoms with van der Waals surface area (Å²) in [6.45, 7) is 2.67. The Kier molecular flexibility index (Phi) is 6.07. The van der Waals surface area contributed by atoms with Crippen LogP contribution in [0.25, 0.3) is 0 Å². The van der Waals surface area contributed by atoms with Crippen LogP contribution in [0.15, 0.2) is 44.0 Å². The molecule has 0 aliphatic carbocycles. The van der Waals surface area contributed by atoms with E-state index in [1.807, 2.05) is 0 Å². The zero-order valence-corrected chi connectivity index (χ0v) is 18.7. The third kappa shape index (κ3) is 4.15. The van der Waals surface area contributed by atoms with E-state index >= 15 is 0 Å². The van der Waals surface area contributed by atoms with E-state index in [0.717, 1.165) is 24.3 Å². The van der Waals surface area contributed by atoms with Crippen LogP contribution in [0.1, 0.15) is 11.1 Å². The number of carbonyl (C=O) groups is 2. The second-order valence-corrected chi connectivity index (χ2v) is 9.59. The Morgan fingerprint density at radius 3 is 1.29 bits per heavy atom. The van der Waals surface area contributed by atoms with Crippen molar-refractivity contribution in [3.8, 4) is 0 Å². The number of urea groups is 2. The van der Waals surface area contributed by atoms with Crippen molar-refractivity contribution < 1.29 is 45.1 Å². The van der Waals surface area contributed by atoms with E-state index in [0.29, 0.717) is 0 Å². The van der Waals surface area contributed by atoms with Gasteiger partial charge in [-0.05, 0) is 49.2 Å². The third-order valence-corrected chi connectivity index (χ3v) is 6.46. The summed E-state index contributed by atoms with van der Waals surface area (Å²) in [7, 11) is -9.98. The maximum atomic E-state index is 12.9.